The largest absolute Gasteiger partial charge is 0.352 e. The van der Waals surface area contributed by atoms with Crippen molar-refractivity contribution in [3.8, 4) is 0 Å². The molecular formula is C19H19F2N3O2. The normalized spacial score (nSPS) is 16.6. The fourth-order valence-electron chi connectivity index (χ4n) is 3.12. The number of halogens is 2. The van der Waals surface area contributed by atoms with Gasteiger partial charge in [0.2, 0.25) is 5.91 Å². The van der Waals surface area contributed by atoms with Gasteiger partial charge in [0, 0.05) is 37.8 Å². The van der Waals surface area contributed by atoms with Crippen molar-refractivity contribution in [1.29, 1.82) is 0 Å². The van der Waals surface area contributed by atoms with Crippen molar-refractivity contribution in [2.45, 2.75) is 32.4 Å². The smallest absolute Gasteiger partial charge is 0.254 e. The first-order valence-electron chi connectivity index (χ1n) is 8.40. The molecule has 0 spiro atoms. The van der Waals surface area contributed by atoms with Gasteiger partial charge in [-0.2, -0.15) is 0 Å². The average Bonchev–Trinajstić information content (AvgIpc) is 3.08. The number of rotatable bonds is 4. The van der Waals surface area contributed by atoms with Gasteiger partial charge in [-0.1, -0.05) is 6.07 Å². The summed E-state index contributed by atoms with van der Waals surface area (Å²) in [6.07, 6.45) is 3.19. The third-order valence-electron chi connectivity index (χ3n) is 4.35. The van der Waals surface area contributed by atoms with Crippen molar-refractivity contribution in [2.75, 3.05) is 6.54 Å². The number of pyridine rings is 1. The quantitative estimate of drug-likeness (QED) is 0.913. The van der Waals surface area contributed by atoms with Gasteiger partial charge in [-0.15, -0.1) is 0 Å². The number of hydrogen-bond donors (Lipinski definition) is 1. The second kappa shape index (κ2) is 7.59. The second-order valence-corrected chi connectivity index (χ2v) is 6.32. The minimum absolute atomic E-state index is 0.00308. The van der Waals surface area contributed by atoms with Crippen molar-refractivity contribution in [2.24, 2.45) is 0 Å². The molecule has 3 rings (SSSR count). The minimum Gasteiger partial charge on any atom is -0.352 e. The van der Waals surface area contributed by atoms with E-state index in [0.29, 0.717) is 13.1 Å². The molecule has 0 aliphatic carbocycles. The summed E-state index contributed by atoms with van der Waals surface area (Å²) in [7, 11) is 0. The number of carbonyl (C=O) groups is 2. The van der Waals surface area contributed by atoms with E-state index < -0.39 is 17.5 Å². The summed E-state index contributed by atoms with van der Waals surface area (Å²) in [6, 6.07) is 6.27. The third kappa shape index (κ3) is 4.04. The Kier molecular flexibility index (Phi) is 5.25. The molecule has 1 aromatic heterocycles. The van der Waals surface area contributed by atoms with Gasteiger partial charge in [-0.25, -0.2) is 8.78 Å². The Morgan fingerprint density at radius 1 is 1.23 bits per heavy atom. The zero-order valence-corrected chi connectivity index (χ0v) is 14.3. The molecule has 1 atom stereocenters. The van der Waals surface area contributed by atoms with Gasteiger partial charge < -0.3 is 10.2 Å². The maximum absolute atomic E-state index is 13.4. The molecule has 2 aromatic rings. The molecule has 26 heavy (non-hydrogen) atoms. The Labute approximate surface area is 150 Å². The van der Waals surface area contributed by atoms with Gasteiger partial charge in [0.25, 0.3) is 5.91 Å². The molecule has 2 amide bonds. The second-order valence-electron chi connectivity index (χ2n) is 6.32. The molecule has 1 aliphatic heterocycles. The molecule has 136 valence electrons. The molecule has 1 N–H and O–H groups in total. The molecule has 1 unspecified atom stereocenters. The number of nitrogens with one attached hydrogen (secondary N) is 1. The highest BCUT2D eigenvalue weighted by Gasteiger charge is 2.31. The topological polar surface area (TPSA) is 62.3 Å². The van der Waals surface area contributed by atoms with Crippen LogP contribution >= 0.6 is 0 Å². The molecule has 0 radical (unpaired) electrons. The predicted molar refractivity (Wildman–Crippen MR) is 91.1 cm³/mol. The molecule has 2 heterocycles. The number of amides is 2. The lowest BCUT2D eigenvalue weighted by Gasteiger charge is -2.24. The Bertz CT molecular complexity index is 804. The first-order valence-corrected chi connectivity index (χ1v) is 8.40. The maximum Gasteiger partial charge on any atom is 0.254 e. The maximum atomic E-state index is 13.4. The lowest BCUT2D eigenvalue weighted by atomic mass is 10.1. The summed E-state index contributed by atoms with van der Waals surface area (Å²) in [5, 5.41) is 2.70. The molecule has 0 bridgehead atoms. The van der Waals surface area contributed by atoms with E-state index in [4.69, 9.17) is 0 Å². The molecule has 7 heteroatoms. The summed E-state index contributed by atoms with van der Waals surface area (Å²) >= 11 is 0. The van der Waals surface area contributed by atoms with E-state index in [1.807, 2.05) is 12.1 Å². The van der Waals surface area contributed by atoms with E-state index in [0.717, 1.165) is 42.3 Å². The van der Waals surface area contributed by atoms with Gasteiger partial charge >= 0.3 is 0 Å². The summed E-state index contributed by atoms with van der Waals surface area (Å²) in [4.78, 5) is 29.7. The van der Waals surface area contributed by atoms with Gasteiger partial charge in [-0.05, 0) is 36.6 Å². The van der Waals surface area contributed by atoms with Crippen molar-refractivity contribution in [3.63, 3.8) is 0 Å². The number of hydrogen-bond acceptors (Lipinski definition) is 3. The van der Waals surface area contributed by atoms with Crippen molar-refractivity contribution in [3.05, 3.63) is 65.0 Å². The van der Waals surface area contributed by atoms with E-state index in [-0.39, 0.29) is 17.5 Å². The molecule has 5 nitrogen and oxygen atoms in total. The average molecular weight is 359 g/mol. The standard InChI is InChI=1S/C19H19F2N3O2/c1-12(25)22-10-13-4-5-17(23-11-13)18-3-2-6-24(18)19(26)14-7-15(20)9-16(21)8-14/h4-5,7-9,11,18H,2-3,6,10H2,1H3,(H,22,25). The Morgan fingerprint density at radius 3 is 2.58 bits per heavy atom. The highest BCUT2D eigenvalue weighted by molar-refractivity contribution is 5.94. The van der Waals surface area contributed by atoms with Gasteiger partial charge in [0.05, 0.1) is 11.7 Å². The van der Waals surface area contributed by atoms with E-state index >= 15 is 0 Å². The van der Waals surface area contributed by atoms with E-state index in [1.165, 1.54) is 6.92 Å². The molecule has 1 saturated heterocycles. The van der Waals surface area contributed by atoms with Gasteiger partial charge in [-0.3, -0.25) is 14.6 Å². The van der Waals surface area contributed by atoms with E-state index in [1.54, 1.807) is 11.1 Å². The van der Waals surface area contributed by atoms with Crippen LogP contribution in [0.25, 0.3) is 0 Å². The predicted octanol–water partition coefficient (Wildman–Crippen LogP) is 2.97. The van der Waals surface area contributed by atoms with Crippen molar-refractivity contribution < 1.29 is 18.4 Å². The van der Waals surface area contributed by atoms with Crippen LogP contribution in [0.3, 0.4) is 0 Å². The van der Waals surface area contributed by atoms with Crippen LogP contribution in [0.4, 0.5) is 8.78 Å². The van der Waals surface area contributed by atoms with Gasteiger partial charge in [0.15, 0.2) is 0 Å². The van der Waals surface area contributed by atoms with Crippen LogP contribution in [-0.2, 0) is 11.3 Å². The summed E-state index contributed by atoms with van der Waals surface area (Å²) < 4.78 is 26.8. The molecular weight excluding hydrogens is 340 g/mol. The van der Waals surface area contributed by atoms with Crippen LogP contribution in [0.15, 0.2) is 36.5 Å². The summed E-state index contributed by atoms with van der Waals surface area (Å²) in [5.41, 5.74) is 1.57. The van der Waals surface area contributed by atoms with E-state index in [9.17, 15) is 18.4 Å². The number of carbonyl (C=O) groups excluding carboxylic acids is 2. The van der Waals surface area contributed by atoms with Crippen LogP contribution in [0.1, 0.15) is 47.4 Å². The Hall–Kier alpha value is -2.83. The van der Waals surface area contributed by atoms with Gasteiger partial charge in [0.1, 0.15) is 11.6 Å². The van der Waals surface area contributed by atoms with Crippen LogP contribution in [-0.4, -0.2) is 28.2 Å². The fourth-order valence-corrected chi connectivity index (χ4v) is 3.12. The first-order chi connectivity index (χ1) is 12.4. The van der Waals surface area contributed by atoms with Crippen LogP contribution < -0.4 is 5.32 Å². The lowest BCUT2D eigenvalue weighted by Crippen LogP contribution is -2.31. The van der Waals surface area contributed by atoms with Crippen LogP contribution in [0.5, 0.6) is 0 Å². The van der Waals surface area contributed by atoms with Crippen molar-refractivity contribution in [1.82, 2.24) is 15.2 Å². The highest BCUT2D eigenvalue weighted by atomic mass is 19.1. The molecule has 1 aromatic carbocycles. The van der Waals surface area contributed by atoms with Crippen LogP contribution in [0.2, 0.25) is 0 Å². The molecule has 1 fully saturated rings. The summed E-state index contributed by atoms with van der Waals surface area (Å²) in [6.45, 7) is 2.34. The SMILES string of the molecule is CC(=O)NCc1ccc(C2CCCN2C(=O)c2cc(F)cc(F)c2)nc1. The molecule has 0 saturated carbocycles. The number of likely N-dealkylation sites (tertiary alicyclic amines) is 1. The zero-order valence-electron chi connectivity index (χ0n) is 14.3. The third-order valence-corrected chi connectivity index (χ3v) is 4.35. The number of aromatic nitrogens is 1. The fraction of sp³-hybridized carbons (Fsp3) is 0.316. The first kappa shape index (κ1) is 18.0. The summed E-state index contributed by atoms with van der Waals surface area (Å²) in [5.74, 6) is -2.08. The Morgan fingerprint density at radius 2 is 1.96 bits per heavy atom. The number of nitrogens with zero attached hydrogens (tertiary/aromatic N) is 2. The Balaban J connectivity index is 1.77. The molecule has 1 aliphatic rings. The van der Waals surface area contributed by atoms with E-state index in [2.05, 4.69) is 10.3 Å². The zero-order chi connectivity index (χ0) is 18.7. The number of benzene rings is 1. The van der Waals surface area contributed by atoms with Crippen molar-refractivity contribution >= 4 is 11.8 Å². The highest BCUT2D eigenvalue weighted by Crippen LogP contribution is 2.32. The minimum atomic E-state index is -0.774. The van der Waals surface area contributed by atoms with Crippen LogP contribution in [0, 0.1) is 11.6 Å². The lowest BCUT2D eigenvalue weighted by molar-refractivity contribution is -0.119. The monoisotopic (exact) mass is 359 g/mol.